The van der Waals surface area contributed by atoms with Gasteiger partial charge in [0.2, 0.25) is 5.91 Å². The highest BCUT2D eigenvalue weighted by Crippen LogP contribution is 2.22. The van der Waals surface area contributed by atoms with Crippen LogP contribution in [0, 0.1) is 5.92 Å². The molecule has 1 saturated heterocycles. The van der Waals surface area contributed by atoms with Gasteiger partial charge in [-0.15, -0.1) is 0 Å². The summed E-state index contributed by atoms with van der Waals surface area (Å²) in [7, 11) is -2.91. The summed E-state index contributed by atoms with van der Waals surface area (Å²) in [5.74, 6) is 0.170. The van der Waals surface area contributed by atoms with Crippen molar-refractivity contribution in [2.75, 3.05) is 11.5 Å². The van der Waals surface area contributed by atoms with Crippen molar-refractivity contribution in [1.29, 1.82) is 0 Å². The summed E-state index contributed by atoms with van der Waals surface area (Å²) in [4.78, 5) is 11.8. The van der Waals surface area contributed by atoms with Crippen LogP contribution in [0.1, 0.15) is 38.5 Å². The molecule has 0 bridgehead atoms. The topological polar surface area (TPSA) is 83.5 Å². The quantitative estimate of drug-likeness (QED) is 0.772. The highest BCUT2D eigenvalue weighted by atomic mass is 32.2. The Morgan fingerprint density at radius 3 is 2.56 bits per heavy atom. The number of nitrogens with one attached hydrogen (secondary N) is 1. The molecule has 5 nitrogen and oxygen atoms in total. The zero-order valence-corrected chi connectivity index (χ0v) is 11.3. The van der Waals surface area contributed by atoms with E-state index in [2.05, 4.69) is 5.32 Å². The number of amides is 1. The van der Waals surface area contributed by atoms with Crippen LogP contribution < -0.4 is 5.32 Å². The fourth-order valence-corrected chi connectivity index (χ4v) is 4.70. The first kappa shape index (κ1) is 13.8. The van der Waals surface area contributed by atoms with Crippen LogP contribution in [0.2, 0.25) is 0 Å². The largest absolute Gasteiger partial charge is 0.391 e. The Kier molecular flexibility index (Phi) is 4.27. The molecule has 1 heterocycles. The van der Waals surface area contributed by atoms with E-state index < -0.39 is 15.9 Å². The summed E-state index contributed by atoms with van der Waals surface area (Å²) in [6.07, 6.45) is 3.99. The predicted molar refractivity (Wildman–Crippen MR) is 67.8 cm³/mol. The Bertz CT molecular complexity index is 406. The number of rotatable bonds is 3. The van der Waals surface area contributed by atoms with Crippen molar-refractivity contribution in [3.63, 3.8) is 0 Å². The molecule has 0 spiro atoms. The van der Waals surface area contributed by atoms with Crippen molar-refractivity contribution in [2.45, 2.75) is 50.7 Å². The molecule has 104 valence electrons. The number of carbonyl (C=O) groups is 1. The molecule has 18 heavy (non-hydrogen) atoms. The minimum absolute atomic E-state index is 0.0456. The van der Waals surface area contributed by atoms with Crippen LogP contribution in [0.25, 0.3) is 0 Å². The van der Waals surface area contributed by atoms with E-state index in [4.69, 9.17) is 0 Å². The minimum atomic E-state index is -2.91. The van der Waals surface area contributed by atoms with Gasteiger partial charge in [0.15, 0.2) is 9.84 Å². The van der Waals surface area contributed by atoms with Crippen molar-refractivity contribution in [1.82, 2.24) is 5.32 Å². The lowest BCUT2D eigenvalue weighted by Crippen LogP contribution is -2.45. The standard InChI is InChI=1S/C12H21NO4S/c14-11-4-2-1-3-10(11)13-12(15)7-9-5-6-18(16,17)8-9/h9-11,14H,1-8H2,(H,13,15)/t9?,10-,11-/m1/s1. The molecule has 0 aromatic carbocycles. The van der Waals surface area contributed by atoms with Gasteiger partial charge >= 0.3 is 0 Å². The predicted octanol–water partition coefficient (Wildman–Crippen LogP) is 0.231. The Balaban J connectivity index is 1.78. The van der Waals surface area contributed by atoms with E-state index >= 15 is 0 Å². The lowest BCUT2D eigenvalue weighted by molar-refractivity contribution is -0.123. The number of sulfone groups is 1. The van der Waals surface area contributed by atoms with Crippen molar-refractivity contribution in [2.24, 2.45) is 5.92 Å². The van der Waals surface area contributed by atoms with Crippen LogP contribution in [-0.2, 0) is 14.6 Å². The van der Waals surface area contributed by atoms with Gasteiger partial charge in [-0.2, -0.15) is 0 Å². The lowest BCUT2D eigenvalue weighted by atomic mass is 9.92. The first-order chi connectivity index (χ1) is 8.46. The molecular formula is C12H21NO4S. The highest BCUT2D eigenvalue weighted by molar-refractivity contribution is 7.91. The van der Waals surface area contributed by atoms with Crippen molar-refractivity contribution >= 4 is 15.7 Å². The Hall–Kier alpha value is -0.620. The van der Waals surface area contributed by atoms with Crippen molar-refractivity contribution < 1.29 is 18.3 Å². The molecule has 2 N–H and O–H groups in total. The Morgan fingerprint density at radius 1 is 1.22 bits per heavy atom. The summed E-state index contributed by atoms with van der Waals surface area (Å²) in [5, 5.41) is 12.6. The molecule has 0 aromatic heterocycles. The molecule has 6 heteroatoms. The monoisotopic (exact) mass is 275 g/mol. The van der Waals surface area contributed by atoms with Crippen molar-refractivity contribution in [3.05, 3.63) is 0 Å². The van der Waals surface area contributed by atoms with Gasteiger partial charge in [0.25, 0.3) is 0 Å². The van der Waals surface area contributed by atoms with Crippen LogP contribution in [0.15, 0.2) is 0 Å². The van der Waals surface area contributed by atoms with E-state index in [1.54, 1.807) is 0 Å². The third-order valence-corrected chi connectivity index (χ3v) is 5.71. The average molecular weight is 275 g/mol. The highest BCUT2D eigenvalue weighted by Gasteiger charge is 2.31. The second-order valence-corrected chi connectivity index (χ2v) is 7.73. The average Bonchev–Trinajstić information content (AvgIpc) is 2.61. The molecule has 2 fully saturated rings. The van der Waals surface area contributed by atoms with E-state index in [9.17, 15) is 18.3 Å². The smallest absolute Gasteiger partial charge is 0.220 e. The zero-order chi connectivity index (χ0) is 13.2. The summed E-state index contributed by atoms with van der Waals surface area (Å²) >= 11 is 0. The second kappa shape index (κ2) is 5.57. The van der Waals surface area contributed by atoms with Gasteiger partial charge < -0.3 is 10.4 Å². The molecule has 2 aliphatic rings. The van der Waals surface area contributed by atoms with Gasteiger partial charge in [-0.1, -0.05) is 12.8 Å². The maximum absolute atomic E-state index is 11.8. The molecule has 1 amide bonds. The van der Waals surface area contributed by atoms with Crippen LogP contribution >= 0.6 is 0 Å². The molecular weight excluding hydrogens is 254 g/mol. The van der Waals surface area contributed by atoms with Crippen LogP contribution in [0.5, 0.6) is 0 Å². The maximum Gasteiger partial charge on any atom is 0.220 e. The lowest BCUT2D eigenvalue weighted by Gasteiger charge is -2.28. The van der Waals surface area contributed by atoms with E-state index in [0.717, 1.165) is 25.7 Å². The molecule has 1 aliphatic heterocycles. The first-order valence-electron chi connectivity index (χ1n) is 6.64. The van der Waals surface area contributed by atoms with E-state index in [0.29, 0.717) is 6.42 Å². The zero-order valence-electron chi connectivity index (χ0n) is 10.5. The van der Waals surface area contributed by atoms with Crippen LogP contribution in [0.4, 0.5) is 0 Å². The molecule has 2 rings (SSSR count). The summed E-state index contributed by atoms with van der Waals surface area (Å²) < 4.78 is 22.6. The Morgan fingerprint density at radius 2 is 1.94 bits per heavy atom. The fraction of sp³-hybridized carbons (Fsp3) is 0.917. The normalized spacial score (nSPS) is 35.3. The minimum Gasteiger partial charge on any atom is -0.391 e. The molecule has 1 aliphatic carbocycles. The molecule has 0 aromatic rings. The van der Waals surface area contributed by atoms with E-state index in [1.165, 1.54) is 0 Å². The van der Waals surface area contributed by atoms with Crippen molar-refractivity contribution in [3.8, 4) is 0 Å². The number of hydrogen-bond acceptors (Lipinski definition) is 4. The third-order valence-electron chi connectivity index (χ3n) is 3.88. The molecule has 1 unspecified atom stereocenters. The van der Waals surface area contributed by atoms with Gasteiger partial charge in [0.05, 0.1) is 23.7 Å². The van der Waals surface area contributed by atoms with E-state index in [1.807, 2.05) is 0 Å². The van der Waals surface area contributed by atoms with E-state index in [-0.39, 0.29) is 35.8 Å². The second-order valence-electron chi connectivity index (χ2n) is 5.50. The van der Waals surface area contributed by atoms with Crippen LogP contribution in [0.3, 0.4) is 0 Å². The summed E-state index contributed by atoms with van der Waals surface area (Å²) in [6, 6.07) is -0.149. The number of carbonyl (C=O) groups excluding carboxylic acids is 1. The Labute approximate surface area is 108 Å². The first-order valence-corrected chi connectivity index (χ1v) is 8.46. The SMILES string of the molecule is O=C(CC1CCS(=O)(=O)C1)N[C@@H]1CCCC[C@H]1O. The van der Waals surface area contributed by atoms with Gasteiger partial charge in [0, 0.05) is 6.42 Å². The molecule has 1 saturated carbocycles. The van der Waals surface area contributed by atoms with Gasteiger partial charge in [-0.25, -0.2) is 8.42 Å². The van der Waals surface area contributed by atoms with Gasteiger partial charge in [0.1, 0.15) is 0 Å². The van der Waals surface area contributed by atoms with Crippen LogP contribution in [-0.4, -0.2) is 43.1 Å². The number of hydrogen-bond donors (Lipinski definition) is 2. The summed E-state index contributed by atoms with van der Waals surface area (Å²) in [5.41, 5.74) is 0. The maximum atomic E-state index is 11.8. The molecule has 0 radical (unpaired) electrons. The van der Waals surface area contributed by atoms with Gasteiger partial charge in [-0.05, 0) is 25.2 Å². The number of aliphatic hydroxyl groups is 1. The van der Waals surface area contributed by atoms with Gasteiger partial charge in [-0.3, -0.25) is 4.79 Å². The fourth-order valence-electron chi connectivity index (χ4n) is 2.84. The molecule has 3 atom stereocenters. The summed E-state index contributed by atoms with van der Waals surface area (Å²) in [6.45, 7) is 0. The third kappa shape index (κ3) is 3.68. The number of aliphatic hydroxyl groups excluding tert-OH is 1.